The molecule has 144 valence electrons. The molecule has 28 heavy (non-hydrogen) atoms. The van der Waals surface area contributed by atoms with Crippen molar-refractivity contribution in [3.63, 3.8) is 0 Å². The van der Waals surface area contributed by atoms with Crippen LogP contribution in [0.1, 0.15) is 16.9 Å². The van der Waals surface area contributed by atoms with Crippen LogP contribution in [0, 0.1) is 6.92 Å². The molecule has 0 saturated carbocycles. The predicted octanol–water partition coefficient (Wildman–Crippen LogP) is 3.98. The fraction of sp³-hybridized carbons (Fsp3) is 0.261. The number of fused-ring (bicyclic) bond motifs is 1. The zero-order chi connectivity index (χ0) is 19.3. The highest BCUT2D eigenvalue weighted by atomic mass is 16.3. The Hall–Kier alpha value is -3.21. The Morgan fingerprint density at radius 1 is 1.04 bits per heavy atom. The third kappa shape index (κ3) is 3.88. The lowest BCUT2D eigenvalue weighted by molar-refractivity contribution is 0.534. The van der Waals surface area contributed by atoms with Crippen LogP contribution < -0.4 is 15.5 Å². The Balaban J connectivity index is 1.36. The molecule has 5 nitrogen and oxygen atoms in total. The fourth-order valence-electron chi connectivity index (χ4n) is 3.52. The van der Waals surface area contributed by atoms with Crippen LogP contribution in [0.2, 0.25) is 0 Å². The predicted molar refractivity (Wildman–Crippen MR) is 116 cm³/mol. The van der Waals surface area contributed by atoms with Gasteiger partial charge in [-0.05, 0) is 30.7 Å². The van der Waals surface area contributed by atoms with E-state index in [-0.39, 0.29) is 0 Å². The van der Waals surface area contributed by atoms with Crippen LogP contribution >= 0.6 is 0 Å². The van der Waals surface area contributed by atoms with E-state index in [0.29, 0.717) is 13.1 Å². The van der Waals surface area contributed by atoms with Gasteiger partial charge >= 0.3 is 0 Å². The molecule has 0 saturated heterocycles. The van der Waals surface area contributed by atoms with Crippen LogP contribution in [0.4, 0.5) is 5.69 Å². The maximum atomic E-state index is 5.97. The molecule has 2 N–H and O–H groups in total. The minimum Gasteiger partial charge on any atom is -0.459 e. The van der Waals surface area contributed by atoms with Gasteiger partial charge in [0.05, 0.1) is 6.54 Å². The third-order valence-corrected chi connectivity index (χ3v) is 5.14. The summed E-state index contributed by atoms with van der Waals surface area (Å²) >= 11 is 0. The molecule has 0 fully saturated rings. The number of para-hydroxylation sites is 1. The second kappa shape index (κ2) is 8.21. The van der Waals surface area contributed by atoms with Crippen LogP contribution in [0.15, 0.2) is 70.1 Å². The minimum atomic E-state index is 0.597. The highest BCUT2D eigenvalue weighted by Gasteiger charge is 2.11. The summed E-state index contributed by atoms with van der Waals surface area (Å²) in [4.78, 5) is 6.68. The molecule has 0 amide bonds. The zero-order valence-corrected chi connectivity index (χ0v) is 16.4. The van der Waals surface area contributed by atoms with Crippen molar-refractivity contribution < 1.29 is 4.42 Å². The molecule has 2 heterocycles. The van der Waals surface area contributed by atoms with E-state index in [0.717, 1.165) is 35.8 Å². The van der Waals surface area contributed by atoms with E-state index >= 15 is 0 Å². The molecule has 1 aliphatic heterocycles. The Morgan fingerprint density at radius 2 is 1.82 bits per heavy atom. The summed E-state index contributed by atoms with van der Waals surface area (Å²) in [5, 5.41) is 7.90. The molecule has 0 atom stereocenters. The van der Waals surface area contributed by atoms with Crippen LogP contribution in [-0.4, -0.2) is 26.1 Å². The van der Waals surface area contributed by atoms with Crippen molar-refractivity contribution in [2.24, 2.45) is 4.99 Å². The summed E-state index contributed by atoms with van der Waals surface area (Å²) in [6.45, 7) is 5.37. The first-order valence-electron chi connectivity index (χ1n) is 9.65. The van der Waals surface area contributed by atoms with Gasteiger partial charge in [-0.2, -0.15) is 0 Å². The van der Waals surface area contributed by atoms with Gasteiger partial charge in [-0.15, -0.1) is 0 Å². The highest BCUT2D eigenvalue weighted by molar-refractivity contribution is 5.83. The largest absolute Gasteiger partial charge is 0.459 e. The summed E-state index contributed by atoms with van der Waals surface area (Å²) < 4.78 is 5.97. The summed E-state index contributed by atoms with van der Waals surface area (Å²) in [7, 11) is 1.78. The fourth-order valence-corrected chi connectivity index (χ4v) is 3.52. The number of hydrogen-bond donors (Lipinski definition) is 2. The molecule has 3 aromatic rings. The third-order valence-electron chi connectivity index (χ3n) is 5.14. The van der Waals surface area contributed by atoms with Crippen molar-refractivity contribution in [1.82, 2.24) is 10.6 Å². The van der Waals surface area contributed by atoms with E-state index in [2.05, 4.69) is 69.9 Å². The number of benzene rings is 2. The first-order valence-corrected chi connectivity index (χ1v) is 9.65. The van der Waals surface area contributed by atoms with E-state index in [1.54, 1.807) is 7.05 Å². The summed E-state index contributed by atoms with van der Waals surface area (Å²) in [6, 6.07) is 16.8. The molecule has 1 aliphatic rings. The number of aryl methyl sites for hydroxylation is 1. The second-order valence-corrected chi connectivity index (χ2v) is 6.97. The Bertz CT molecular complexity index is 1010. The molecule has 5 heteroatoms. The maximum absolute atomic E-state index is 5.97. The van der Waals surface area contributed by atoms with Crippen molar-refractivity contribution >= 4 is 22.6 Å². The quantitative estimate of drug-likeness (QED) is 0.403. The lowest BCUT2D eigenvalue weighted by Crippen LogP contribution is -2.36. The van der Waals surface area contributed by atoms with E-state index in [4.69, 9.17) is 4.42 Å². The molecular weight excluding hydrogens is 348 g/mol. The van der Waals surface area contributed by atoms with Crippen molar-refractivity contribution in [1.29, 1.82) is 0 Å². The standard InChI is InChI=1S/C23H26N4O/c1-17-20-10-3-4-11-21(20)28-22(17)16-26-23(24-2)25-15-18-8-7-9-19(14-18)27-12-5-6-13-27/h3-11,14H,12-13,15-16H2,1-2H3,(H2,24,25,26). The van der Waals surface area contributed by atoms with Crippen molar-refractivity contribution in [2.45, 2.75) is 20.0 Å². The lowest BCUT2D eigenvalue weighted by atomic mass is 10.1. The van der Waals surface area contributed by atoms with Crippen molar-refractivity contribution in [2.75, 3.05) is 25.0 Å². The van der Waals surface area contributed by atoms with Gasteiger partial charge in [0.1, 0.15) is 11.3 Å². The number of aliphatic imine (C=N–C) groups is 1. The molecule has 0 unspecified atom stereocenters. The van der Waals surface area contributed by atoms with E-state index in [1.807, 2.05) is 18.2 Å². The smallest absolute Gasteiger partial charge is 0.191 e. The van der Waals surface area contributed by atoms with Gasteiger partial charge in [-0.25, -0.2) is 0 Å². The normalized spacial score (nSPS) is 14.1. The average Bonchev–Trinajstić information content (AvgIpc) is 3.37. The van der Waals surface area contributed by atoms with Crippen LogP contribution in [-0.2, 0) is 13.1 Å². The van der Waals surface area contributed by atoms with Crippen LogP contribution in [0.3, 0.4) is 0 Å². The van der Waals surface area contributed by atoms with Gasteiger partial charge in [0.15, 0.2) is 5.96 Å². The molecule has 1 aromatic heterocycles. The van der Waals surface area contributed by atoms with Crippen LogP contribution in [0.25, 0.3) is 11.0 Å². The summed E-state index contributed by atoms with van der Waals surface area (Å²) in [5.41, 5.74) is 4.58. The average molecular weight is 374 g/mol. The van der Waals surface area contributed by atoms with Gasteiger partial charge in [0.25, 0.3) is 0 Å². The lowest BCUT2D eigenvalue weighted by Gasteiger charge is -2.19. The first kappa shape index (κ1) is 18.2. The number of guanidine groups is 1. The molecule has 0 spiro atoms. The van der Waals surface area contributed by atoms with Gasteiger partial charge in [0.2, 0.25) is 0 Å². The molecule has 0 radical (unpaired) electrons. The number of furan rings is 1. The van der Waals surface area contributed by atoms with Gasteiger partial charge in [-0.3, -0.25) is 4.99 Å². The zero-order valence-electron chi connectivity index (χ0n) is 16.4. The number of anilines is 1. The first-order chi connectivity index (χ1) is 13.7. The van der Waals surface area contributed by atoms with Gasteiger partial charge in [-0.1, -0.05) is 42.5 Å². The molecule has 4 rings (SSSR count). The molecule has 2 aromatic carbocycles. The van der Waals surface area contributed by atoms with E-state index in [1.165, 1.54) is 16.8 Å². The highest BCUT2D eigenvalue weighted by Crippen LogP contribution is 2.24. The van der Waals surface area contributed by atoms with Crippen molar-refractivity contribution in [3.8, 4) is 0 Å². The minimum absolute atomic E-state index is 0.597. The Kier molecular flexibility index (Phi) is 5.33. The van der Waals surface area contributed by atoms with E-state index in [9.17, 15) is 0 Å². The maximum Gasteiger partial charge on any atom is 0.191 e. The van der Waals surface area contributed by atoms with Gasteiger partial charge < -0.3 is 20.0 Å². The molecule has 0 bridgehead atoms. The number of rotatable bonds is 5. The topological polar surface area (TPSA) is 52.8 Å². The number of nitrogens with zero attached hydrogens (tertiary/aromatic N) is 2. The summed E-state index contributed by atoms with van der Waals surface area (Å²) in [5.74, 6) is 1.70. The van der Waals surface area contributed by atoms with Crippen LogP contribution in [0.5, 0.6) is 0 Å². The van der Waals surface area contributed by atoms with Crippen molar-refractivity contribution in [3.05, 3.63) is 77.6 Å². The molecule has 0 aliphatic carbocycles. The monoisotopic (exact) mass is 374 g/mol. The number of hydrogen-bond acceptors (Lipinski definition) is 3. The summed E-state index contributed by atoms with van der Waals surface area (Å²) in [6.07, 6.45) is 4.41. The Labute approximate surface area is 165 Å². The SMILES string of the molecule is CN=C(NCc1cccc(N2CC=CC2)c1)NCc1oc2ccccc2c1C. The second-order valence-electron chi connectivity index (χ2n) is 6.97. The number of nitrogens with one attached hydrogen (secondary N) is 2. The van der Waals surface area contributed by atoms with Gasteiger partial charge in [0, 0.05) is 43.3 Å². The Morgan fingerprint density at radius 3 is 2.61 bits per heavy atom. The van der Waals surface area contributed by atoms with E-state index < -0.39 is 0 Å². The molecular formula is C23H26N4O.